The molecular formula is C31H36ClNOS. The lowest BCUT2D eigenvalue weighted by Gasteiger charge is -2.23. The quantitative estimate of drug-likeness (QED) is 0.225. The van der Waals surface area contributed by atoms with Gasteiger partial charge in [0, 0.05) is 10.4 Å². The average molecular weight is 506 g/mol. The van der Waals surface area contributed by atoms with Crippen molar-refractivity contribution >= 4 is 47.3 Å². The Morgan fingerprint density at radius 1 is 1.11 bits per heavy atom. The first-order valence-electron chi connectivity index (χ1n) is 11.9. The van der Waals surface area contributed by atoms with Crippen molar-refractivity contribution in [3.05, 3.63) is 113 Å². The van der Waals surface area contributed by atoms with Gasteiger partial charge in [-0.2, -0.15) is 12.6 Å². The minimum atomic E-state index is -0.929. The van der Waals surface area contributed by atoms with Gasteiger partial charge in [0.2, 0.25) is 0 Å². The van der Waals surface area contributed by atoms with Gasteiger partial charge in [-0.25, -0.2) is 4.98 Å². The Hall–Kier alpha value is -2.59. The second-order valence-corrected chi connectivity index (χ2v) is 9.86. The topological polar surface area (TPSA) is 33.1 Å². The summed E-state index contributed by atoms with van der Waals surface area (Å²) in [6.07, 6.45) is 10.6. The minimum Gasteiger partial charge on any atom is -0.386 e. The van der Waals surface area contributed by atoms with Gasteiger partial charge in [-0.05, 0) is 85.4 Å². The van der Waals surface area contributed by atoms with E-state index in [2.05, 4.69) is 67.2 Å². The molecule has 0 saturated carbocycles. The molecule has 184 valence electrons. The normalized spacial score (nSPS) is 11.9. The molecule has 2 aromatic carbocycles. The summed E-state index contributed by atoms with van der Waals surface area (Å²) in [5.74, 6) is 0.944. The Morgan fingerprint density at radius 2 is 1.83 bits per heavy atom. The fourth-order valence-electron chi connectivity index (χ4n) is 3.59. The Morgan fingerprint density at radius 3 is 2.51 bits per heavy atom. The Balaban J connectivity index is 0.00000137. The molecule has 0 fully saturated rings. The molecule has 1 aromatic heterocycles. The molecule has 0 aliphatic carbocycles. The Labute approximate surface area is 221 Å². The van der Waals surface area contributed by atoms with E-state index in [4.69, 9.17) is 11.6 Å². The lowest BCUT2D eigenvalue weighted by atomic mass is 9.89. The summed E-state index contributed by atoms with van der Waals surface area (Å²) < 4.78 is 0. The zero-order chi connectivity index (χ0) is 25.8. The van der Waals surface area contributed by atoms with Crippen LogP contribution in [0.2, 0.25) is 5.02 Å². The number of allylic oxidation sites excluding steroid dienone is 2. The SMILES string of the molecule is C=C/C=C(/CCCc1cccc(/C=C/c2ccc3ccc(Cl)cc3n2)c1)C(=C)C(C)(C)O.CCS. The number of aromatic nitrogens is 1. The zero-order valence-electron chi connectivity index (χ0n) is 21.0. The predicted molar refractivity (Wildman–Crippen MR) is 158 cm³/mol. The molecule has 1 N–H and O–H groups in total. The van der Waals surface area contributed by atoms with Crippen molar-refractivity contribution < 1.29 is 5.11 Å². The highest BCUT2D eigenvalue weighted by molar-refractivity contribution is 7.80. The van der Waals surface area contributed by atoms with Gasteiger partial charge in [-0.1, -0.05) is 86.3 Å². The molecule has 0 radical (unpaired) electrons. The van der Waals surface area contributed by atoms with E-state index >= 15 is 0 Å². The molecule has 0 aliphatic heterocycles. The third-order valence-electron chi connectivity index (χ3n) is 5.43. The van der Waals surface area contributed by atoms with Crippen LogP contribution in [0, 0.1) is 0 Å². The average Bonchev–Trinajstić information content (AvgIpc) is 2.81. The van der Waals surface area contributed by atoms with Crippen molar-refractivity contribution in [3.63, 3.8) is 0 Å². The molecular weight excluding hydrogens is 470 g/mol. The number of hydrogen-bond acceptors (Lipinski definition) is 3. The maximum absolute atomic E-state index is 10.3. The van der Waals surface area contributed by atoms with Crippen LogP contribution < -0.4 is 0 Å². The van der Waals surface area contributed by atoms with E-state index in [0.717, 1.165) is 58.3 Å². The van der Waals surface area contributed by atoms with E-state index in [1.165, 1.54) is 5.56 Å². The van der Waals surface area contributed by atoms with Crippen LogP contribution in [0.15, 0.2) is 91.1 Å². The van der Waals surface area contributed by atoms with Crippen molar-refractivity contribution in [2.24, 2.45) is 0 Å². The molecule has 0 amide bonds. The first kappa shape index (κ1) is 28.6. The van der Waals surface area contributed by atoms with Crippen molar-refractivity contribution in [1.29, 1.82) is 0 Å². The largest absolute Gasteiger partial charge is 0.386 e. The maximum Gasteiger partial charge on any atom is 0.0837 e. The van der Waals surface area contributed by atoms with Gasteiger partial charge in [0.25, 0.3) is 0 Å². The Kier molecular flexibility index (Phi) is 11.5. The highest BCUT2D eigenvalue weighted by Crippen LogP contribution is 2.26. The second kappa shape index (κ2) is 14.1. The molecule has 0 unspecified atom stereocenters. The van der Waals surface area contributed by atoms with Crippen molar-refractivity contribution in [3.8, 4) is 0 Å². The number of hydrogen-bond donors (Lipinski definition) is 2. The molecule has 0 saturated heterocycles. The van der Waals surface area contributed by atoms with Crippen LogP contribution in [-0.4, -0.2) is 21.4 Å². The van der Waals surface area contributed by atoms with Crippen molar-refractivity contribution in [2.45, 2.75) is 45.6 Å². The number of fused-ring (bicyclic) bond motifs is 1. The van der Waals surface area contributed by atoms with E-state index in [1.54, 1.807) is 19.9 Å². The predicted octanol–water partition coefficient (Wildman–Crippen LogP) is 8.76. The Bertz CT molecular complexity index is 1200. The second-order valence-electron chi connectivity index (χ2n) is 8.79. The smallest absolute Gasteiger partial charge is 0.0837 e. The number of aliphatic hydroxyl groups is 1. The van der Waals surface area contributed by atoms with Crippen LogP contribution in [0.5, 0.6) is 0 Å². The van der Waals surface area contributed by atoms with Gasteiger partial charge < -0.3 is 5.11 Å². The number of nitrogens with zero attached hydrogens (tertiary/aromatic N) is 1. The maximum atomic E-state index is 10.3. The molecule has 3 rings (SSSR count). The summed E-state index contributed by atoms with van der Waals surface area (Å²) in [5.41, 5.74) is 5.07. The number of halogens is 1. The van der Waals surface area contributed by atoms with Crippen molar-refractivity contribution in [1.82, 2.24) is 4.98 Å². The lowest BCUT2D eigenvalue weighted by Crippen LogP contribution is -2.22. The summed E-state index contributed by atoms with van der Waals surface area (Å²) in [4.78, 5) is 4.68. The highest BCUT2D eigenvalue weighted by Gasteiger charge is 2.20. The van der Waals surface area contributed by atoms with E-state index in [1.807, 2.05) is 43.3 Å². The number of pyridine rings is 1. The summed E-state index contributed by atoms with van der Waals surface area (Å²) in [5, 5.41) is 12.0. The minimum absolute atomic E-state index is 0.691. The van der Waals surface area contributed by atoms with Gasteiger partial charge in [0.15, 0.2) is 0 Å². The standard InChI is InChI=1S/C29H30ClNO.C2H6S/c1-5-8-24(21(2)29(3,4)32)12-7-11-22-9-6-10-23(19-22)13-17-27-18-15-25-14-16-26(30)20-28(25)31-27;1-2-3/h5-6,8-10,13-20,32H,1-2,7,11-12H2,3-4H3;3H,2H2,1H3/b17-13+,24-8-;. The first-order chi connectivity index (χ1) is 16.7. The monoisotopic (exact) mass is 505 g/mol. The summed E-state index contributed by atoms with van der Waals surface area (Å²) in [7, 11) is 0. The van der Waals surface area contributed by atoms with Gasteiger partial charge in [-0.15, -0.1) is 0 Å². The van der Waals surface area contributed by atoms with Crippen molar-refractivity contribution in [2.75, 3.05) is 5.75 Å². The molecule has 0 aliphatic rings. The van der Waals surface area contributed by atoms with Crippen LogP contribution in [-0.2, 0) is 6.42 Å². The van der Waals surface area contributed by atoms with Crippen LogP contribution >= 0.6 is 24.2 Å². The van der Waals surface area contributed by atoms with Crippen LogP contribution in [0.1, 0.15) is 50.4 Å². The molecule has 0 spiro atoms. The van der Waals surface area contributed by atoms with E-state index in [-0.39, 0.29) is 0 Å². The summed E-state index contributed by atoms with van der Waals surface area (Å²) in [6, 6.07) is 18.3. The summed E-state index contributed by atoms with van der Waals surface area (Å²) in [6.45, 7) is 13.4. The van der Waals surface area contributed by atoms with E-state index in [0.29, 0.717) is 5.02 Å². The third-order valence-corrected chi connectivity index (χ3v) is 5.67. The molecule has 0 bridgehead atoms. The van der Waals surface area contributed by atoms with Gasteiger partial charge in [0.05, 0.1) is 16.8 Å². The van der Waals surface area contributed by atoms with Gasteiger partial charge in [-0.3, -0.25) is 0 Å². The van der Waals surface area contributed by atoms with E-state index in [9.17, 15) is 5.11 Å². The molecule has 3 aromatic rings. The molecule has 4 heteroatoms. The molecule has 35 heavy (non-hydrogen) atoms. The fraction of sp³-hybridized carbons (Fsp3) is 0.258. The highest BCUT2D eigenvalue weighted by atomic mass is 35.5. The third kappa shape index (κ3) is 9.52. The lowest BCUT2D eigenvalue weighted by molar-refractivity contribution is 0.122. The number of rotatable bonds is 9. The number of aryl methyl sites for hydroxylation is 1. The molecule has 1 heterocycles. The molecule has 0 atom stereocenters. The zero-order valence-corrected chi connectivity index (χ0v) is 22.6. The van der Waals surface area contributed by atoms with Gasteiger partial charge >= 0.3 is 0 Å². The van der Waals surface area contributed by atoms with Crippen LogP contribution in [0.4, 0.5) is 0 Å². The number of thiol groups is 1. The first-order valence-corrected chi connectivity index (χ1v) is 12.9. The summed E-state index contributed by atoms with van der Waals surface area (Å²) >= 11 is 9.88. The van der Waals surface area contributed by atoms with Crippen LogP contribution in [0.25, 0.3) is 23.1 Å². The van der Waals surface area contributed by atoms with Gasteiger partial charge in [0.1, 0.15) is 0 Å². The number of benzene rings is 2. The van der Waals surface area contributed by atoms with Crippen LogP contribution in [0.3, 0.4) is 0 Å². The fourth-order valence-corrected chi connectivity index (χ4v) is 3.75. The van der Waals surface area contributed by atoms with E-state index < -0.39 is 5.60 Å². The molecule has 2 nitrogen and oxygen atoms in total.